The average molecular weight is 386 g/mol. The SMILES string of the molecule is COC(=O)c1ccc(N2CC3(CCNCC3)C2)cc1C#CCN.Cl.Cl. The van der Waals surface area contributed by atoms with Crippen molar-refractivity contribution in [2.75, 3.05) is 44.7 Å². The van der Waals surface area contributed by atoms with Crippen LogP contribution < -0.4 is 16.0 Å². The molecule has 0 aromatic heterocycles. The maximum absolute atomic E-state index is 11.9. The lowest BCUT2D eigenvalue weighted by Gasteiger charge is -2.53. The van der Waals surface area contributed by atoms with Crippen LogP contribution in [0.5, 0.6) is 0 Å². The Balaban J connectivity index is 0.00000156. The van der Waals surface area contributed by atoms with E-state index in [1.807, 2.05) is 12.1 Å². The van der Waals surface area contributed by atoms with E-state index in [2.05, 4.69) is 22.1 Å². The first-order chi connectivity index (χ1) is 11.2. The quantitative estimate of drug-likeness (QED) is 0.600. The third-order valence-electron chi connectivity index (χ3n) is 4.82. The van der Waals surface area contributed by atoms with Crippen LogP contribution in [0.2, 0.25) is 0 Å². The lowest BCUT2D eigenvalue weighted by atomic mass is 9.72. The van der Waals surface area contributed by atoms with E-state index in [0.717, 1.165) is 31.9 Å². The summed E-state index contributed by atoms with van der Waals surface area (Å²) in [5.74, 6) is 5.45. The number of carbonyl (C=O) groups is 1. The van der Waals surface area contributed by atoms with Crippen molar-refractivity contribution in [3.63, 3.8) is 0 Å². The Hall–Kier alpha value is -1.45. The van der Waals surface area contributed by atoms with Crippen LogP contribution in [-0.2, 0) is 4.74 Å². The molecule has 0 saturated carbocycles. The van der Waals surface area contributed by atoms with Gasteiger partial charge in [-0.05, 0) is 44.1 Å². The molecule has 0 unspecified atom stereocenters. The molecule has 25 heavy (non-hydrogen) atoms. The number of ether oxygens (including phenoxy) is 1. The number of halogens is 2. The average Bonchev–Trinajstić information content (AvgIpc) is 2.57. The zero-order chi connectivity index (χ0) is 16.3. The summed E-state index contributed by atoms with van der Waals surface area (Å²) in [6.07, 6.45) is 2.48. The van der Waals surface area contributed by atoms with Crippen LogP contribution in [0.3, 0.4) is 0 Å². The molecule has 2 aliphatic heterocycles. The fourth-order valence-electron chi connectivity index (χ4n) is 3.49. The smallest absolute Gasteiger partial charge is 0.339 e. The second-order valence-electron chi connectivity index (χ2n) is 6.33. The molecule has 0 radical (unpaired) electrons. The van der Waals surface area contributed by atoms with Crippen LogP contribution in [0.1, 0.15) is 28.8 Å². The molecule has 1 spiro atoms. The number of nitrogens with one attached hydrogen (secondary N) is 1. The van der Waals surface area contributed by atoms with Crippen molar-refractivity contribution < 1.29 is 9.53 Å². The summed E-state index contributed by atoms with van der Waals surface area (Å²) in [6.45, 7) is 4.65. The molecule has 7 heteroatoms. The second kappa shape index (κ2) is 9.30. The molecule has 2 fully saturated rings. The van der Waals surface area contributed by atoms with Crippen molar-refractivity contribution in [1.82, 2.24) is 5.32 Å². The Morgan fingerprint density at radius 2 is 2.00 bits per heavy atom. The largest absolute Gasteiger partial charge is 0.465 e. The van der Waals surface area contributed by atoms with Gasteiger partial charge in [0.05, 0.1) is 19.2 Å². The number of hydrogen-bond acceptors (Lipinski definition) is 5. The van der Waals surface area contributed by atoms with Gasteiger partial charge in [-0.3, -0.25) is 0 Å². The van der Waals surface area contributed by atoms with Crippen LogP contribution in [0, 0.1) is 17.3 Å². The molecule has 1 aromatic carbocycles. The third-order valence-corrected chi connectivity index (χ3v) is 4.82. The van der Waals surface area contributed by atoms with Crippen molar-refractivity contribution in [3.8, 4) is 11.8 Å². The first-order valence-corrected chi connectivity index (χ1v) is 8.04. The molecule has 1 aromatic rings. The van der Waals surface area contributed by atoms with Crippen molar-refractivity contribution in [2.45, 2.75) is 12.8 Å². The Kier molecular flexibility index (Phi) is 8.04. The van der Waals surface area contributed by atoms with E-state index in [9.17, 15) is 4.79 Å². The fraction of sp³-hybridized carbons (Fsp3) is 0.500. The van der Waals surface area contributed by atoms with Gasteiger partial charge in [-0.15, -0.1) is 24.8 Å². The zero-order valence-corrected chi connectivity index (χ0v) is 16.0. The topological polar surface area (TPSA) is 67.6 Å². The number of hydrogen-bond donors (Lipinski definition) is 2. The highest BCUT2D eigenvalue weighted by molar-refractivity contribution is 5.93. The monoisotopic (exact) mass is 385 g/mol. The molecule has 5 nitrogen and oxygen atoms in total. The Bertz CT molecular complexity index is 656. The van der Waals surface area contributed by atoms with E-state index in [1.165, 1.54) is 20.0 Å². The van der Waals surface area contributed by atoms with Crippen LogP contribution >= 0.6 is 24.8 Å². The number of carbonyl (C=O) groups excluding carboxylic acids is 1. The minimum Gasteiger partial charge on any atom is -0.465 e. The van der Waals surface area contributed by atoms with Crippen molar-refractivity contribution in [2.24, 2.45) is 11.1 Å². The minimum absolute atomic E-state index is 0. The van der Waals surface area contributed by atoms with Gasteiger partial charge in [0.15, 0.2) is 0 Å². The molecule has 3 N–H and O–H groups in total. The van der Waals surface area contributed by atoms with Crippen LogP contribution in [-0.4, -0.2) is 45.8 Å². The van der Waals surface area contributed by atoms with Crippen LogP contribution in [0.4, 0.5) is 5.69 Å². The van der Waals surface area contributed by atoms with Gasteiger partial charge < -0.3 is 20.7 Å². The number of nitrogens with two attached hydrogens (primary N) is 1. The molecular formula is C18H25Cl2N3O2. The molecule has 0 amide bonds. The van der Waals surface area contributed by atoms with Gasteiger partial charge in [0.2, 0.25) is 0 Å². The number of nitrogens with zero attached hydrogens (tertiary/aromatic N) is 1. The van der Waals surface area contributed by atoms with Gasteiger partial charge in [-0.1, -0.05) is 11.8 Å². The fourth-order valence-corrected chi connectivity index (χ4v) is 3.49. The Morgan fingerprint density at radius 1 is 1.32 bits per heavy atom. The highest BCUT2D eigenvalue weighted by Gasteiger charge is 2.43. The van der Waals surface area contributed by atoms with Gasteiger partial charge >= 0.3 is 5.97 Å². The van der Waals surface area contributed by atoms with E-state index in [-0.39, 0.29) is 37.3 Å². The van der Waals surface area contributed by atoms with Crippen molar-refractivity contribution >= 4 is 36.5 Å². The molecule has 0 atom stereocenters. The number of methoxy groups -OCH3 is 1. The normalized spacial score (nSPS) is 17.3. The maximum Gasteiger partial charge on any atom is 0.339 e. The summed E-state index contributed by atoms with van der Waals surface area (Å²) >= 11 is 0. The molecule has 138 valence electrons. The number of benzene rings is 1. The first kappa shape index (κ1) is 21.6. The lowest BCUT2D eigenvalue weighted by Crippen LogP contribution is -2.60. The van der Waals surface area contributed by atoms with Gasteiger partial charge in [0.1, 0.15) is 0 Å². The van der Waals surface area contributed by atoms with Gasteiger partial charge in [-0.25, -0.2) is 4.79 Å². The predicted molar refractivity (Wildman–Crippen MR) is 105 cm³/mol. The van der Waals surface area contributed by atoms with Crippen LogP contribution in [0.25, 0.3) is 0 Å². The minimum atomic E-state index is -0.365. The molecule has 0 aliphatic carbocycles. The van der Waals surface area contributed by atoms with E-state index in [1.54, 1.807) is 6.07 Å². The first-order valence-electron chi connectivity index (χ1n) is 8.04. The van der Waals surface area contributed by atoms with E-state index in [0.29, 0.717) is 16.5 Å². The number of piperidine rings is 1. The van der Waals surface area contributed by atoms with Gasteiger partial charge in [0.25, 0.3) is 0 Å². The van der Waals surface area contributed by atoms with Gasteiger partial charge in [0, 0.05) is 29.8 Å². The van der Waals surface area contributed by atoms with E-state index in [4.69, 9.17) is 10.5 Å². The molecule has 2 heterocycles. The number of anilines is 1. The highest BCUT2D eigenvalue weighted by atomic mass is 35.5. The van der Waals surface area contributed by atoms with E-state index < -0.39 is 0 Å². The lowest BCUT2D eigenvalue weighted by molar-refractivity contribution is 0.0600. The summed E-state index contributed by atoms with van der Waals surface area (Å²) < 4.78 is 4.83. The summed E-state index contributed by atoms with van der Waals surface area (Å²) in [5.41, 5.74) is 8.22. The summed E-state index contributed by atoms with van der Waals surface area (Å²) in [7, 11) is 1.38. The molecule has 3 rings (SSSR count). The molecule has 0 bridgehead atoms. The third kappa shape index (κ3) is 4.59. The molecule has 2 aliphatic rings. The summed E-state index contributed by atoms with van der Waals surface area (Å²) in [5, 5.41) is 3.42. The number of rotatable bonds is 2. The number of esters is 1. The predicted octanol–water partition coefficient (Wildman–Crippen LogP) is 1.82. The molecular weight excluding hydrogens is 361 g/mol. The van der Waals surface area contributed by atoms with E-state index >= 15 is 0 Å². The Morgan fingerprint density at radius 3 is 2.60 bits per heavy atom. The maximum atomic E-state index is 11.9. The summed E-state index contributed by atoms with van der Waals surface area (Å²) in [6, 6.07) is 5.76. The summed E-state index contributed by atoms with van der Waals surface area (Å²) in [4.78, 5) is 14.2. The second-order valence-corrected chi connectivity index (χ2v) is 6.33. The van der Waals surface area contributed by atoms with Gasteiger partial charge in [-0.2, -0.15) is 0 Å². The Labute approximate surface area is 161 Å². The van der Waals surface area contributed by atoms with Crippen molar-refractivity contribution in [3.05, 3.63) is 29.3 Å². The standard InChI is InChI=1S/C18H23N3O2.2ClH/c1-23-17(22)16-5-4-15(11-14(16)3-2-8-19)21-12-18(13-21)6-9-20-10-7-18;;/h4-5,11,20H,6-10,12-13,19H2,1H3;2*1H. The van der Waals surface area contributed by atoms with Crippen LogP contribution in [0.15, 0.2) is 18.2 Å². The highest BCUT2D eigenvalue weighted by Crippen LogP contribution is 2.41. The molecule has 2 saturated heterocycles. The van der Waals surface area contributed by atoms with Crippen molar-refractivity contribution in [1.29, 1.82) is 0 Å². The zero-order valence-electron chi connectivity index (χ0n) is 14.3.